The molecule has 2 aliphatic rings. The molecule has 2 atom stereocenters. The van der Waals surface area contributed by atoms with Crippen molar-refractivity contribution in [1.82, 2.24) is 15.5 Å². The molecule has 7 heteroatoms. The van der Waals surface area contributed by atoms with Gasteiger partial charge in [0.05, 0.1) is 0 Å². The van der Waals surface area contributed by atoms with Gasteiger partial charge in [-0.05, 0) is 31.4 Å². The number of nitrogens with zero attached hydrogens (tertiary/aromatic N) is 1. The maximum atomic E-state index is 13.9. The largest absolute Gasteiger partial charge is 0.350 e. The molecule has 2 N–H and O–H groups in total. The van der Waals surface area contributed by atoms with Gasteiger partial charge in [0.2, 0.25) is 11.8 Å². The Bertz CT molecular complexity index is 620. The third kappa shape index (κ3) is 4.05. The van der Waals surface area contributed by atoms with Crippen molar-refractivity contribution < 1.29 is 14.0 Å². The van der Waals surface area contributed by atoms with E-state index in [1.54, 1.807) is 12.1 Å². The molecule has 0 aliphatic carbocycles. The summed E-state index contributed by atoms with van der Waals surface area (Å²) < 4.78 is 13.9. The minimum Gasteiger partial charge on any atom is -0.350 e. The van der Waals surface area contributed by atoms with E-state index >= 15 is 0 Å². The first kappa shape index (κ1) is 17.2. The molecule has 0 bridgehead atoms. The lowest BCUT2D eigenvalue weighted by Crippen LogP contribution is -2.51. The third-order valence-corrected chi connectivity index (χ3v) is 4.96. The Hall–Kier alpha value is -1.66. The topological polar surface area (TPSA) is 61.4 Å². The third-order valence-electron chi connectivity index (χ3n) is 4.61. The van der Waals surface area contributed by atoms with Crippen molar-refractivity contribution >= 4 is 23.4 Å². The van der Waals surface area contributed by atoms with Crippen LogP contribution in [0.25, 0.3) is 0 Å². The average molecular weight is 354 g/mol. The SMILES string of the molecule is O=C1CCC[C@H](C(=O)N[C@@H]2CCN(Cc3c(F)cccc3Cl)C2)N1. The molecule has 130 valence electrons. The molecule has 2 aliphatic heterocycles. The van der Waals surface area contributed by atoms with Crippen molar-refractivity contribution in [1.29, 1.82) is 0 Å². The molecule has 5 nitrogen and oxygen atoms in total. The summed E-state index contributed by atoms with van der Waals surface area (Å²) in [6.07, 6.45) is 2.72. The van der Waals surface area contributed by atoms with Crippen LogP contribution in [0.4, 0.5) is 4.39 Å². The number of halogens is 2. The Morgan fingerprint density at radius 1 is 1.42 bits per heavy atom. The number of likely N-dealkylation sites (tertiary alicyclic amines) is 1. The second-order valence-electron chi connectivity index (χ2n) is 6.44. The summed E-state index contributed by atoms with van der Waals surface area (Å²) in [5.41, 5.74) is 0.491. The van der Waals surface area contributed by atoms with Gasteiger partial charge in [0.25, 0.3) is 0 Å². The number of hydrogen-bond acceptors (Lipinski definition) is 3. The Balaban J connectivity index is 1.52. The van der Waals surface area contributed by atoms with E-state index in [0.29, 0.717) is 36.5 Å². The summed E-state index contributed by atoms with van der Waals surface area (Å²) in [6.45, 7) is 1.85. The van der Waals surface area contributed by atoms with Gasteiger partial charge in [-0.15, -0.1) is 0 Å². The lowest BCUT2D eigenvalue weighted by atomic mass is 10.0. The summed E-state index contributed by atoms with van der Waals surface area (Å²) in [6, 6.07) is 4.26. The van der Waals surface area contributed by atoms with Crippen LogP contribution < -0.4 is 10.6 Å². The normalized spacial score (nSPS) is 24.7. The minimum absolute atomic E-state index is 0.0156. The van der Waals surface area contributed by atoms with E-state index in [2.05, 4.69) is 15.5 Å². The van der Waals surface area contributed by atoms with E-state index < -0.39 is 6.04 Å². The quantitative estimate of drug-likeness (QED) is 0.868. The van der Waals surface area contributed by atoms with E-state index in [4.69, 9.17) is 11.6 Å². The maximum Gasteiger partial charge on any atom is 0.242 e. The molecule has 2 saturated heterocycles. The second-order valence-corrected chi connectivity index (χ2v) is 6.85. The van der Waals surface area contributed by atoms with Crippen molar-refractivity contribution in [3.05, 3.63) is 34.6 Å². The number of amides is 2. The molecule has 1 aromatic rings. The lowest BCUT2D eigenvalue weighted by Gasteiger charge is -2.24. The van der Waals surface area contributed by atoms with Gasteiger partial charge in [0, 0.05) is 42.7 Å². The average Bonchev–Trinajstić information content (AvgIpc) is 2.98. The maximum absolute atomic E-state index is 13.9. The van der Waals surface area contributed by atoms with Gasteiger partial charge >= 0.3 is 0 Å². The fourth-order valence-electron chi connectivity index (χ4n) is 3.30. The molecular weight excluding hydrogens is 333 g/mol. The van der Waals surface area contributed by atoms with E-state index in [9.17, 15) is 14.0 Å². The number of benzene rings is 1. The molecule has 3 rings (SSSR count). The zero-order valence-corrected chi connectivity index (χ0v) is 14.1. The highest BCUT2D eigenvalue weighted by Gasteiger charge is 2.29. The van der Waals surface area contributed by atoms with Crippen LogP contribution >= 0.6 is 11.6 Å². The van der Waals surface area contributed by atoms with Crippen LogP contribution in [-0.4, -0.2) is 41.9 Å². The van der Waals surface area contributed by atoms with Crippen LogP contribution in [0.3, 0.4) is 0 Å². The molecular formula is C17H21ClFN3O2. The van der Waals surface area contributed by atoms with Crippen LogP contribution in [0.1, 0.15) is 31.2 Å². The first-order chi connectivity index (χ1) is 11.5. The minimum atomic E-state index is -0.429. The first-order valence-corrected chi connectivity index (χ1v) is 8.65. The Kier molecular flexibility index (Phi) is 5.36. The fraction of sp³-hybridized carbons (Fsp3) is 0.529. The molecule has 2 fully saturated rings. The standard InChI is InChI=1S/C17H21ClFN3O2/c18-13-3-1-4-14(19)12(13)10-22-8-7-11(9-22)20-17(24)15-5-2-6-16(23)21-15/h1,3-4,11,15H,2,5-10H2,(H,20,24)(H,21,23)/t11-,15-/m1/s1. The summed E-state index contributed by atoms with van der Waals surface area (Å²) >= 11 is 6.07. The van der Waals surface area contributed by atoms with Gasteiger partial charge in [-0.2, -0.15) is 0 Å². The molecule has 0 aromatic heterocycles. The zero-order valence-electron chi connectivity index (χ0n) is 13.4. The predicted octanol–water partition coefficient (Wildman–Crippen LogP) is 1.84. The van der Waals surface area contributed by atoms with Crippen LogP contribution in [-0.2, 0) is 16.1 Å². The first-order valence-electron chi connectivity index (χ1n) is 8.28. The summed E-state index contributed by atoms with van der Waals surface area (Å²) in [5.74, 6) is -0.498. The Morgan fingerprint density at radius 3 is 3.00 bits per heavy atom. The highest BCUT2D eigenvalue weighted by Crippen LogP contribution is 2.23. The van der Waals surface area contributed by atoms with Crippen molar-refractivity contribution in [3.8, 4) is 0 Å². The number of hydrogen-bond donors (Lipinski definition) is 2. The molecule has 0 spiro atoms. The predicted molar refractivity (Wildman–Crippen MR) is 89.0 cm³/mol. The molecule has 2 amide bonds. The summed E-state index contributed by atoms with van der Waals surface area (Å²) in [7, 11) is 0. The lowest BCUT2D eigenvalue weighted by molar-refractivity contribution is -0.131. The van der Waals surface area contributed by atoms with Gasteiger partial charge in [-0.25, -0.2) is 4.39 Å². The second kappa shape index (κ2) is 7.49. The Labute approximate surface area is 145 Å². The van der Waals surface area contributed by atoms with Crippen molar-refractivity contribution in [2.75, 3.05) is 13.1 Å². The number of rotatable bonds is 4. The Morgan fingerprint density at radius 2 is 2.25 bits per heavy atom. The summed E-state index contributed by atoms with van der Waals surface area (Å²) in [4.78, 5) is 25.7. The number of piperidine rings is 1. The number of nitrogens with one attached hydrogen (secondary N) is 2. The van der Waals surface area contributed by atoms with E-state index in [1.807, 2.05) is 0 Å². The zero-order chi connectivity index (χ0) is 17.1. The van der Waals surface area contributed by atoms with E-state index in [0.717, 1.165) is 19.4 Å². The van der Waals surface area contributed by atoms with Gasteiger partial charge < -0.3 is 10.6 Å². The highest BCUT2D eigenvalue weighted by atomic mass is 35.5. The molecule has 1 aromatic carbocycles. The monoisotopic (exact) mass is 353 g/mol. The molecule has 2 heterocycles. The van der Waals surface area contributed by atoms with Gasteiger partial charge in [0.15, 0.2) is 0 Å². The van der Waals surface area contributed by atoms with Crippen LogP contribution in [0.15, 0.2) is 18.2 Å². The molecule has 0 unspecified atom stereocenters. The fourth-order valence-corrected chi connectivity index (χ4v) is 3.53. The van der Waals surface area contributed by atoms with Gasteiger partial charge in [-0.3, -0.25) is 14.5 Å². The number of carbonyl (C=O) groups is 2. The number of carbonyl (C=O) groups excluding carboxylic acids is 2. The van der Waals surface area contributed by atoms with Gasteiger partial charge in [0.1, 0.15) is 11.9 Å². The van der Waals surface area contributed by atoms with Crippen LogP contribution in [0, 0.1) is 5.82 Å². The van der Waals surface area contributed by atoms with Crippen LogP contribution in [0.2, 0.25) is 5.02 Å². The van der Waals surface area contributed by atoms with E-state index in [-0.39, 0.29) is 23.7 Å². The molecule has 0 saturated carbocycles. The molecule has 24 heavy (non-hydrogen) atoms. The molecule has 0 radical (unpaired) electrons. The smallest absolute Gasteiger partial charge is 0.242 e. The highest BCUT2D eigenvalue weighted by molar-refractivity contribution is 6.31. The van der Waals surface area contributed by atoms with Gasteiger partial charge in [-0.1, -0.05) is 17.7 Å². The summed E-state index contributed by atoms with van der Waals surface area (Å²) in [5, 5.41) is 6.14. The van der Waals surface area contributed by atoms with Crippen LogP contribution in [0.5, 0.6) is 0 Å². The van der Waals surface area contributed by atoms with E-state index in [1.165, 1.54) is 6.07 Å². The van der Waals surface area contributed by atoms with Crippen molar-refractivity contribution in [2.45, 2.75) is 44.3 Å². The van der Waals surface area contributed by atoms with Crippen molar-refractivity contribution in [2.24, 2.45) is 0 Å². The van der Waals surface area contributed by atoms with Crippen molar-refractivity contribution in [3.63, 3.8) is 0 Å².